The molecule has 0 unspecified atom stereocenters. The van der Waals surface area contributed by atoms with Gasteiger partial charge in [-0.3, -0.25) is 4.79 Å². The third kappa shape index (κ3) is 0.991. The highest BCUT2D eigenvalue weighted by Gasteiger charge is 2.60. The van der Waals surface area contributed by atoms with E-state index in [4.69, 9.17) is 0 Å². The molecule has 2 atom stereocenters. The molecule has 3 heteroatoms. The Morgan fingerprint density at radius 1 is 1.14 bits per heavy atom. The zero-order valence-electron chi connectivity index (χ0n) is 8.20. The van der Waals surface area contributed by atoms with E-state index in [9.17, 15) is 15.0 Å². The number of carboxylic acid groups (broad SMARTS) is 1. The fraction of sp³-hybridized carbons (Fsp3) is 0.909. The van der Waals surface area contributed by atoms with Gasteiger partial charge in [-0.15, -0.1) is 0 Å². The molecule has 4 aliphatic rings. The lowest BCUT2D eigenvalue weighted by atomic mass is 9.48. The van der Waals surface area contributed by atoms with Crippen molar-refractivity contribution in [3.8, 4) is 0 Å². The number of carboxylic acids is 1. The molecule has 0 saturated heterocycles. The van der Waals surface area contributed by atoms with Crippen LogP contribution in [0.1, 0.15) is 38.5 Å². The lowest BCUT2D eigenvalue weighted by Crippen LogP contribution is -2.58. The smallest absolute Gasteiger partial charge is 0.309 e. The van der Waals surface area contributed by atoms with Crippen molar-refractivity contribution in [3.05, 3.63) is 0 Å². The Labute approximate surface area is 83.1 Å². The van der Waals surface area contributed by atoms with Gasteiger partial charge >= 0.3 is 5.97 Å². The van der Waals surface area contributed by atoms with Gasteiger partial charge in [-0.25, -0.2) is 0 Å². The Kier molecular flexibility index (Phi) is 1.45. The summed E-state index contributed by atoms with van der Waals surface area (Å²) in [6.45, 7) is 0. The van der Waals surface area contributed by atoms with Gasteiger partial charge in [0.1, 0.15) is 0 Å². The van der Waals surface area contributed by atoms with E-state index in [1.54, 1.807) is 0 Å². The quantitative estimate of drug-likeness (QED) is 0.666. The van der Waals surface area contributed by atoms with E-state index in [2.05, 4.69) is 0 Å². The summed E-state index contributed by atoms with van der Waals surface area (Å²) in [6, 6.07) is 0. The first-order chi connectivity index (χ1) is 6.51. The minimum Gasteiger partial charge on any atom is -0.481 e. The molecule has 3 nitrogen and oxygen atoms in total. The Bertz CT molecular complexity index is 283. The summed E-state index contributed by atoms with van der Waals surface area (Å²) in [7, 11) is 0. The van der Waals surface area contributed by atoms with E-state index in [1.165, 1.54) is 0 Å². The fourth-order valence-corrected chi connectivity index (χ4v) is 4.46. The largest absolute Gasteiger partial charge is 0.481 e. The van der Waals surface area contributed by atoms with E-state index in [1.807, 2.05) is 0 Å². The van der Waals surface area contributed by atoms with Crippen molar-refractivity contribution in [2.75, 3.05) is 0 Å². The average molecular weight is 196 g/mol. The molecule has 0 spiro atoms. The molecule has 0 aromatic carbocycles. The van der Waals surface area contributed by atoms with E-state index < -0.39 is 17.0 Å². The van der Waals surface area contributed by atoms with Gasteiger partial charge in [0.15, 0.2) is 0 Å². The van der Waals surface area contributed by atoms with Crippen molar-refractivity contribution in [2.45, 2.75) is 44.1 Å². The van der Waals surface area contributed by atoms with Crippen LogP contribution in [0, 0.1) is 17.3 Å². The van der Waals surface area contributed by atoms with Crippen LogP contribution < -0.4 is 0 Å². The van der Waals surface area contributed by atoms with Crippen LogP contribution in [-0.2, 0) is 4.79 Å². The van der Waals surface area contributed by atoms with Gasteiger partial charge in [0, 0.05) is 0 Å². The summed E-state index contributed by atoms with van der Waals surface area (Å²) < 4.78 is 0. The van der Waals surface area contributed by atoms with Crippen LogP contribution in [0.4, 0.5) is 0 Å². The molecule has 0 amide bonds. The Balaban J connectivity index is 2.00. The fourth-order valence-electron chi connectivity index (χ4n) is 4.46. The molecule has 2 N–H and O–H groups in total. The maximum Gasteiger partial charge on any atom is 0.309 e. The molecular formula is C11H16O3. The molecule has 4 rings (SSSR count). The number of aliphatic carboxylic acids is 1. The first-order valence-corrected chi connectivity index (χ1v) is 5.47. The number of rotatable bonds is 1. The van der Waals surface area contributed by atoms with Crippen molar-refractivity contribution in [1.29, 1.82) is 0 Å². The Morgan fingerprint density at radius 3 is 2.14 bits per heavy atom. The predicted octanol–water partition coefficient (Wildman–Crippen LogP) is 1.40. The number of carbonyl (C=O) groups is 1. The highest BCUT2D eigenvalue weighted by atomic mass is 16.4. The van der Waals surface area contributed by atoms with Crippen LogP contribution in [-0.4, -0.2) is 21.8 Å². The van der Waals surface area contributed by atoms with Gasteiger partial charge in [0.05, 0.1) is 11.0 Å². The summed E-state index contributed by atoms with van der Waals surface area (Å²) in [4.78, 5) is 11.3. The van der Waals surface area contributed by atoms with Crippen LogP contribution in [0.15, 0.2) is 0 Å². The van der Waals surface area contributed by atoms with E-state index in [0.717, 1.165) is 32.1 Å². The molecule has 4 fully saturated rings. The van der Waals surface area contributed by atoms with Gasteiger partial charge in [0.25, 0.3) is 0 Å². The molecule has 4 aliphatic carbocycles. The normalized spacial score (nSPS) is 54.9. The molecule has 0 radical (unpaired) electrons. The van der Waals surface area contributed by atoms with Crippen LogP contribution in [0.2, 0.25) is 0 Å². The molecule has 0 aromatic heterocycles. The molecule has 14 heavy (non-hydrogen) atoms. The molecule has 0 heterocycles. The van der Waals surface area contributed by atoms with Gasteiger partial charge in [-0.2, -0.15) is 0 Å². The predicted molar refractivity (Wildman–Crippen MR) is 49.7 cm³/mol. The van der Waals surface area contributed by atoms with Crippen molar-refractivity contribution in [2.24, 2.45) is 17.3 Å². The van der Waals surface area contributed by atoms with Crippen molar-refractivity contribution < 1.29 is 15.0 Å². The van der Waals surface area contributed by atoms with Crippen LogP contribution in [0.3, 0.4) is 0 Å². The third-order valence-corrected chi connectivity index (χ3v) is 4.48. The molecule has 4 saturated carbocycles. The molecular weight excluding hydrogens is 180 g/mol. The number of hydrogen-bond acceptors (Lipinski definition) is 2. The second kappa shape index (κ2) is 2.32. The highest BCUT2D eigenvalue weighted by Crippen LogP contribution is 2.61. The summed E-state index contributed by atoms with van der Waals surface area (Å²) in [5.41, 5.74) is -1.21. The van der Waals surface area contributed by atoms with Crippen LogP contribution >= 0.6 is 0 Å². The third-order valence-electron chi connectivity index (χ3n) is 4.48. The summed E-state index contributed by atoms with van der Waals surface area (Å²) >= 11 is 0. The first kappa shape index (κ1) is 8.72. The Hall–Kier alpha value is -0.570. The zero-order chi connectivity index (χ0) is 9.97. The SMILES string of the molecule is O=C(O)C12C[C@@H]3C[C@H](CC(O)(C3)C1)C2. The van der Waals surface area contributed by atoms with E-state index >= 15 is 0 Å². The monoisotopic (exact) mass is 196 g/mol. The van der Waals surface area contributed by atoms with E-state index in [-0.39, 0.29) is 0 Å². The maximum atomic E-state index is 11.3. The van der Waals surface area contributed by atoms with E-state index in [0.29, 0.717) is 18.3 Å². The van der Waals surface area contributed by atoms with Gasteiger partial charge in [-0.05, 0) is 50.4 Å². The van der Waals surface area contributed by atoms with Crippen molar-refractivity contribution in [3.63, 3.8) is 0 Å². The maximum absolute atomic E-state index is 11.3. The molecule has 4 bridgehead atoms. The summed E-state index contributed by atoms with van der Waals surface area (Å²) in [5, 5.41) is 19.5. The van der Waals surface area contributed by atoms with Gasteiger partial charge in [-0.1, -0.05) is 0 Å². The lowest BCUT2D eigenvalue weighted by Gasteiger charge is -2.58. The molecule has 0 aromatic rings. The van der Waals surface area contributed by atoms with Gasteiger partial charge < -0.3 is 10.2 Å². The lowest BCUT2D eigenvalue weighted by molar-refractivity contribution is -0.191. The molecule has 0 aliphatic heterocycles. The van der Waals surface area contributed by atoms with Crippen LogP contribution in [0.5, 0.6) is 0 Å². The highest BCUT2D eigenvalue weighted by molar-refractivity contribution is 5.75. The minimum atomic E-state index is -0.676. The second-order valence-electron chi connectivity index (χ2n) is 5.77. The topological polar surface area (TPSA) is 57.5 Å². The number of aliphatic hydroxyl groups is 1. The average Bonchev–Trinajstić information content (AvgIpc) is 1.98. The summed E-state index contributed by atoms with van der Waals surface area (Å²) in [6.07, 6.45) is 4.96. The standard InChI is InChI=1S/C11H16O3/c12-9(13)10-2-7-1-8(3-10)5-11(14,4-7)6-10/h7-8,14H,1-6H2,(H,12,13)/t7-,8-,10?,11?/m0/s1. The van der Waals surface area contributed by atoms with Crippen molar-refractivity contribution in [1.82, 2.24) is 0 Å². The second-order valence-corrected chi connectivity index (χ2v) is 5.77. The number of hydrogen-bond donors (Lipinski definition) is 2. The molecule has 78 valence electrons. The van der Waals surface area contributed by atoms with Crippen LogP contribution in [0.25, 0.3) is 0 Å². The summed E-state index contributed by atoms with van der Waals surface area (Å²) in [5.74, 6) is 0.264. The Morgan fingerprint density at radius 2 is 1.71 bits per heavy atom. The van der Waals surface area contributed by atoms with Gasteiger partial charge in [0.2, 0.25) is 0 Å². The first-order valence-electron chi connectivity index (χ1n) is 5.47. The zero-order valence-corrected chi connectivity index (χ0v) is 8.20. The van der Waals surface area contributed by atoms with Crippen molar-refractivity contribution >= 4 is 5.97 Å². The minimum absolute atomic E-state index is 0.470.